The van der Waals surface area contributed by atoms with E-state index in [1.165, 1.54) is 18.9 Å². The van der Waals surface area contributed by atoms with Crippen LogP contribution in [0.25, 0.3) is 0 Å². The highest BCUT2D eigenvalue weighted by atomic mass is 19.4. The monoisotopic (exact) mass is 314 g/mol. The van der Waals surface area contributed by atoms with Crippen molar-refractivity contribution in [3.05, 3.63) is 35.4 Å². The largest absolute Gasteiger partial charge is 0.416 e. The summed E-state index contributed by atoms with van der Waals surface area (Å²) in [6, 6.07) is 6.15. The van der Waals surface area contributed by atoms with E-state index in [4.69, 9.17) is 0 Å². The van der Waals surface area contributed by atoms with Crippen molar-refractivity contribution in [3.63, 3.8) is 0 Å². The minimum absolute atomic E-state index is 0.287. The Hall–Kier alpha value is -1.07. The fourth-order valence-electron chi connectivity index (χ4n) is 2.95. The fraction of sp³-hybridized carbons (Fsp3) is 0.647. The number of unbranched alkanes of at least 4 members (excludes halogenated alkanes) is 1. The summed E-state index contributed by atoms with van der Waals surface area (Å²) in [5.74, 6) is 0. The van der Waals surface area contributed by atoms with Crippen LogP contribution in [0.3, 0.4) is 0 Å². The SMILES string of the molecule is CCCCN1CCC(NCc2ccccc2C(F)(F)F)CC1. The number of benzene rings is 1. The molecule has 1 saturated heterocycles. The van der Waals surface area contributed by atoms with E-state index in [0.29, 0.717) is 11.6 Å². The zero-order valence-corrected chi connectivity index (χ0v) is 13.1. The predicted octanol–water partition coefficient (Wildman–Crippen LogP) is 4.06. The smallest absolute Gasteiger partial charge is 0.310 e. The van der Waals surface area contributed by atoms with Gasteiger partial charge in [0.1, 0.15) is 0 Å². The highest BCUT2D eigenvalue weighted by Crippen LogP contribution is 2.31. The van der Waals surface area contributed by atoms with Crippen LogP contribution in [0, 0.1) is 0 Å². The zero-order chi connectivity index (χ0) is 16.0. The standard InChI is InChI=1S/C17H25F3N2/c1-2-3-10-22-11-8-15(9-12-22)21-13-14-6-4-5-7-16(14)17(18,19)20/h4-7,15,21H,2-3,8-13H2,1H3. The van der Waals surface area contributed by atoms with E-state index in [0.717, 1.165) is 38.5 Å². The number of piperidine rings is 1. The summed E-state index contributed by atoms with van der Waals surface area (Å²) in [6.45, 7) is 5.69. The van der Waals surface area contributed by atoms with E-state index in [-0.39, 0.29) is 6.54 Å². The average molecular weight is 314 g/mol. The Morgan fingerprint density at radius 1 is 1.18 bits per heavy atom. The molecule has 5 heteroatoms. The summed E-state index contributed by atoms with van der Waals surface area (Å²) >= 11 is 0. The molecular formula is C17H25F3N2. The van der Waals surface area contributed by atoms with Crippen molar-refractivity contribution in [2.75, 3.05) is 19.6 Å². The molecule has 22 heavy (non-hydrogen) atoms. The van der Waals surface area contributed by atoms with Gasteiger partial charge in [-0.1, -0.05) is 31.5 Å². The van der Waals surface area contributed by atoms with Crippen molar-refractivity contribution in [1.29, 1.82) is 0 Å². The molecule has 2 rings (SSSR count). The van der Waals surface area contributed by atoms with Gasteiger partial charge in [0.25, 0.3) is 0 Å². The second kappa shape index (κ2) is 7.97. The Morgan fingerprint density at radius 3 is 2.50 bits per heavy atom. The number of hydrogen-bond donors (Lipinski definition) is 1. The number of nitrogens with one attached hydrogen (secondary N) is 1. The van der Waals surface area contributed by atoms with Crippen LogP contribution in [0.15, 0.2) is 24.3 Å². The first-order valence-electron chi connectivity index (χ1n) is 8.11. The highest BCUT2D eigenvalue weighted by Gasteiger charge is 2.32. The van der Waals surface area contributed by atoms with Gasteiger partial charge < -0.3 is 10.2 Å². The van der Waals surface area contributed by atoms with Crippen LogP contribution >= 0.6 is 0 Å². The molecule has 0 saturated carbocycles. The molecule has 1 aliphatic rings. The lowest BCUT2D eigenvalue weighted by Crippen LogP contribution is -2.42. The minimum atomic E-state index is -4.28. The van der Waals surface area contributed by atoms with Gasteiger partial charge in [-0.25, -0.2) is 0 Å². The second-order valence-corrected chi connectivity index (χ2v) is 6.01. The lowest BCUT2D eigenvalue weighted by molar-refractivity contribution is -0.138. The average Bonchev–Trinajstić information content (AvgIpc) is 2.51. The maximum absolute atomic E-state index is 12.9. The third-order valence-corrected chi connectivity index (χ3v) is 4.32. The molecule has 0 amide bonds. The van der Waals surface area contributed by atoms with Gasteiger partial charge in [0.15, 0.2) is 0 Å². The highest BCUT2D eigenvalue weighted by molar-refractivity contribution is 5.29. The Kier molecular flexibility index (Phi) is 6.26. The van der Waals surface area contributed by atoms with Gasteiger partial charge in [-0.15, -0.1) is 0 Å². The zero-order valence-electron chi connectivity index (χ0n) is 13.1. The number of nitrogens with zero attached hydrogens (tertiary/aromatic N) is 1. The minimum Gasteiger partial charge on any atom is -0.310 e. The topological polar surface area (TPSA) is 15.3 Å². The van der Waals surface area contributed by atoms with Crippen molar-refractivity contribution in [2.24, 2.45) is 0 Å². The molecule has 1 aromatic carbocycles. The van der Waals surface area contributed by atoms with Gasteiger partial charge in [0.2, 0.25) is 0 Å². The van der Waals surface area contributed by atoms with Gasteiger partial charge >= 0.3 is 6.18 Å². The lowest BCUT2D eigenvalue weighted by Gasteiger charge is -2.32. The second-order valence-electron chi connectivity index (χ2n) is 6.01. The van der Waals surface area contributed by atoms with Crippen molar-refractivity contribution in [1.82, 2.24) is 10.2 Å². The third-order valence-electron chi connectivity index (χ3n) is 4.32. The summed E-state index contributed by atoms with van der Waals surface area (Å²) < 4.78 is 38.8. The molecule has 0 radical (unpaired) electrons. The maximum Gasteiger partial charge on any atom is 0.416 e. The van der Waals surface area contributed by atoms with E-state index in [2.05, 4.69) is 17.1 Å². The molecule has 124 valence electrons. The van der Waals surface area contributed by atoms with Gasteiger partial charge in [-0.3, -0.25) is 0 Å². The number of likely N-dealkylation sites (tertiary alicyclic amines) is 1. The first-order chi connectivity index (χ1) is 10.5. The number of rotatable bonds is 6. The molecule has 0 unspecified atom stereocenters. The molecule has 1 aliphatic heterocycles. The first kappa shape index (κ1) is 17.3. The quantitative estimate of drug-likeness (QED) is 0.852. The molecule has 1 fully saturated rings. The number of alkyl halides is 3. The number of hydrogen-bond acceptors (Lipinski definition) is 2. The van der Waals surface area contributed by atoms with E-state index in [1.54, 1.807) is 12.1 Å². The summed E-state index contributed by atoms with van der Waals surface area (Å²) in [7, 11) is 0. The van der Waals surface area contributed by atoms with Crippen LogP contribution in [-0.2, 0) is 12.7 Å². The van der Waals surface area contributed by atoms with E-state index < -0.39 is 11.7 Å². The maximum atomic E-state index is 12.9. The van der Waals surface area contributed by atoms with Crippen molar-refractivity contribution < 1.29 is 13.2 Å². The Morgan fingerprint density at radius 2 is 1.86 bits per heavy atom. The van der Waals surface area contributed by atoms with Crippen molar-refractivity contribution in [3.8, 4) is 0 Å². The molecule has 1 heterocycles. The Balaban J connectivity index is 1.82. The predicted molar refractivity (Wildman–Crippen MR) is 82.7 cm³/mol. The first-order valence-corrected chi connectivity index (χ1v) is 8.11. The fourth-order valence-corrected chi connectivity index (χ4v) is 2.95. The van der Waals surface area contributed by atoms with Gasteiger partial charge in [-0.05, 0) is 50.5 Å². The molecule has 0 atom stereocenters. The van der Waals surface area contributed by atoms with E-state index >= 15 is 0 Å². The van der Waals surface area contributed by atoms with Crippen LogP contribution in [0.4, 0.5) is 13.2 Å². The van der Waals surface area contributed by atoms with E-state index in [9.17, 15) is 13.2 Å². The van der Waals surface area contributed by atoms with Gasteiger partial charge in [-0.2, -0.15) is 13.2 Å². The van der Waals surface area contributed by atoms with Gasteiger partial charge in [0.05, 0.1) is 5.56 Å². The number of halogens is 3. The molecular weight excluding hydrogens is 289 g/mol. The summed E-state index contributed by atoms with van der Waals surface area (Å²) in [5.41, 5.74) is -0.189. The van der Waals surface area contributed by atoms with Gasteiger partial charge in [0, 0.05) is 12.6 Å². The lowest BCUT2D eigenvalue weighted by atomic mass is 10.0. The van der Waals surface area contributed by atoms with Crippen LogP contribution in [0.2, 0.25) is 0 Å². The molecule has 0 aromatic heterocycles. The van der Waals surface area contributed by atoms with E-state index in [1.807, 2.05) is 0 Å². The molecule has 2 nitrogen and oxygen atoms in total. The molecule has 0 spiro atoms. The van der Waals surface area contributed by atoms with Crippen molar-refractivity contribution >= 4 is 0 Å². The summed E-state index contributed by atoms with van der Waals surface area (Å²) in [5, 5.41) is 3.30. The summed E-state index contributed by atoms with van der Waals surface area (Å²) in [6.07, 6.45) is 0.168. The van der Waals surface area contributed by atoms with Crippen LogP contribution in [-0.4, -0.2) is 30.6 Å². The molecule has 1 N–H and O–H groups in total. The molecule has 1 aromatic rings. The van der Waals surface area contributed by atoms with Crippen LogP contribution in [0.5, 0.6) is 0 Å². The van der Waals surface area contributed by atoms with Crippen LogP contribution in [0.1, 0.15) is 43.7 Å². The molecule has 0 aliphatic carbocycles. The normalized spacial score (nSPS) is 17.8. The summed E-state index contributed by atoms with van der Waals surface area (Å²) in [4.78, 5) is 2.45. The Labute approximate surface area is 130 Å². The Bertz CT molecular complexity index is 451. The molecule has 0 bridgehead atoms. The third kappa shape index (κ3) is 4.99. The van der Waals surface area contributed by atoms with Crippen molar-refractivity contribution in [2.45, 2.75) is 51.4 Å². The van der Waals surface area contributed by atoms with Crippen LogP contribution < -0.4 is 5.32 Å².